The third-order valence-corrected chi connectivity index (χ3v) is 7.09. The first-order valence-electron chi connectivity index (χ1n) is 10.8. The molecule has 178 valence electrons. The molecule has 0 aliphatic rings. The second kappa shape index (κ2) is 8.86. The molecular formula is C24H21ClN6O3S. The number of Topliss-reactive ketones (excluding diaryl/α,β-unsaturated/α-hetero) is 1. The van der Waals surface area contributed by atoms with Crippen LogP contribution in [0.5, 0.6) is 0 Å². The highest BCUT2D eigenvalue weighted by Crippen LogP contribution is 2.25. The summed E-state index contributed by atoms with van der Waals surface area (Å²) in [6.45, 7) is 2.28. The number of nitrogens with zero attached hydrogens (tertiary/aromatic N) is 6. The highest BCUT2D eigenvalue weighted by atomic mass is 35.5. The summed E-state index contributed by atoms with van der Waals surface area (Å²) in [6, 6.07) is 14.6. The molecule has 2 aromatic carbocycles. The molecule has 35 heavy (non-hydrogen) atoms. The Morgan fingerprint density at radius 2 is 1.66 bits per heavy atom. The van der Waals surface area contributed by atoms with Crippen molar-refractivity contribution in [1.29, 1.82) is 0 Å². The number of hydrogen-bond donors (Lipinski definition) is 0. The largest absolute Gasteiger partial charge is 0.332 e. The number of rotatable bonds is 6. The Kier molecular flexibility index (Phi) is 5.86. The van der Waals surface area contributed by atoms with Crippen molar-refractivity contribution in [2.24, 2.45) is 14.1 Å². The molecule has 0 aliphatic carbocycles. The molecule has 0 radical (unpaired) electrons. The van der Waals surface area contributed by atoms with E-state index in [2.05, 4.69) is 10.2 Å². The van der Waals surface area contributed by atoms with Crippen LogP contribution >= 0.6 is 23.4 Å². The maximum absolute atomic E-state index is 13.2. The van der Waals surface area contributed by atoms with Crippen LogP contribution < -0.4 is 11.2 Å². The molecule has 0 saturated heterocycles. The second-order valence-corrected chi connectivity index (χ2v) is 9.67. The number of aryl methyl sites for hydroxylation is 2. The molecular weight excluding hydrogens is 488 g/mol. The first-order chi connectivity index (χ1) is 16.8. The number of fused-ring (bicyclic) bond motifs is 3. The fourth-order valence-corrected chi connectivity index (χ4v) is 4.95. The average molecular weight is 509 g/mol. The molecule has 0 bridgehead atoms. The normalized spacial score (nSPS) is 11.5. The Morgan fingerprint density at radius 3 is 2.34 bits per heavy atom. The van der Waals surface area contributed by atoms with Gasteiger partial charge in [0.05, 0.1) is 12.3 Å². The van der Waals surface area contributed by atoms with Crippen LogP contribution in [0, 0.1) is 6.92 Å². The predicted octanol–water partition coefficient (Wildman–Crippen LogP) is 3.07. The topological polar surface area (TPSA) is 96.2 Å². The lowest BCUT2D eigenvalue weighted by atomic mass is 10.1. The van der Waals surface area contributed by atoms with Crippen LogP contribution in [0.25, 0.3) is 16.9 Å². The van der Waals surface area contributed by atoms with Crippen molar-refractivity contribution in [3.05, 3.63) is 91.1 Å². The molecule has 0 N–H and O–H groups in total. The van der Waals surface area contributed by atoms with Gasteiger partial charge in [0.25, 0.3) is 5.56 Å². The molecule has 0 atom stereocenters. The van der Waals surface area contributed by atoms with Gasteiger partial charge in [0.2, 0.25) is 5.78 Å². The number of ketones is 1. The minimum absolute atomic E-state index is 0.0542. The lowest BCUT2D eigenvalue weighted by Gasteiger charge is -2.08. The van der Waals surface area contributed by atoms with Crippen LogP contribution in [0.2, 0.25) is 5.02 Å². The lowest BCUT2D eigenvalue weighted by Crippen LogP contribution is -2.37. The molecule has 5 rings (SSSR count). The van der Waals surface area contributed by atoms with Gasteiger partial charge in [-0.1, -0.05) is 65.3 Å². The zero-order chi connectivity index (χ0) is 24.9. The fourth-order valence-electron chi connectivity index (χ4n) is 4.00. The third-order valence-electron chi connectivity index (χ3n) is 5.91. The molecule has 0 saturated carbocycles. The fraction of sp³-hybridized carbons (Fsp3) is 0.208. The van der Waals surface area contributed by atoms with Gasteiger partial charge in [-0.25, -0.2) is 9.20 Å². The minimum Gasteiger partial charge on any atom is -0.298 e. The van der Waals surface area contributed by atoms with E-state index in [1.165, 1.54) is 23.4 Å². The van der Waals surface area contributed by atoms with Crippen molar-refractivity contribution in [1.82, 2.24) is 28.3 Å². The van der Waals surface area contributed by atoms with Crippen LogP contribution in [-0.4, -0.2) is 39.8 Å². The average Bonchev–Trinajstić information content (AvgIpc) is 3.40. The van der Waals surface area contributed by atoms with Gasteiger partial charge in [-0.2, -0.15) is 0 Å². The van der Waals surface area contributed by atoms with E-state index in [-0.39, 0.29) is 11.5 Å². The van der Waals surface area contributed by atoms with Crippen LogP contribution in [0.3, 0.4) is 0 Å². The van der Waals surface area contributed by atoms with E-state index < -0.39 is 11.2 Å². The highest BCUT2D eigenvalue weighted by molar-refractivity contribution is 7.99. The maximum atomic E-state index is 13.2. The Labute approximate surface area is 208 Å². The molecule has 0 unspecified atom stereocenters. The second-order valence-electron chi connectivity index (χ2n) is 8.29. The number of benzene rings is 2. The summed E-state index contributed by atoms with van der Waals surface area (Å²) < 4.78 is 5.87. The van der Waals surface area contributed by atoms with Gasteiger partial charge < -0.3 is 0 Å². The van der Waals surface area contributed by atoms with Gasteiger partial charge in [-0.15, -0.1) is 10.2 Å². The number of halogens is 1. The monoisotopic (exact) mass is 508 g/mol. The van der Waals surface area contributed by atoms with Crippen molar-refractivity contribution >= 4 is 46.1 Å². The number of carbonyl (C=O) groups excluding carboxylic acids is 1. The summed E-state index contributed by atoms with van der Waals surface area (Å²) in [7, 11) is 3.04. The number of hydrogen-bond acceptors (Lipinski definition) is 6. The number of carbonyl (C=O) groups is 1. The van der Waals surface area contributed by atoms with Crippen molar-refractivity contribution in [2.75, 3.05) is 5.75 Å². The van der Waals surface area contributed by atoms with Gasteiger partial charge in [-0.3, -0.25) is 23.3 Å². The van der Waals surface area contributed by atoms with Crippen molar-refractivity contribution in [3.63, 3.8) is 0 Å². The maximum Gasteiger partial charge on any atom is 0.332 e. The minimum atomic E-state index is -0.464. The van der Waals surface area contributed by atoms with Crippen LogP contribution in [0.4, 0.5) is 0 Å². The summed E-state index contributed by atoms with van der Waals surface area (Å²) in [5.41, 5.74) is 2.37. The molecule has 0 spiro atoms. The SMILES string of the molecule is Cc1ccc(C(=O)CSc2nnc3n(Cc4ccc(Cl)cc4)c4c(=O)n(C)c(=O)n(C)c4n23)cc1. The summed E-state index contributed by atoms with van der Waals surface area (Å²) in [4.78, 5) is 38.7. The molecule has 9 nitrogen and oxygen atoms in total. The quantitative estimate of drug-likeness (QED) is 0.258. The van der Waals surface area contributed by atoms with Gasteiger partial charge in [0.15, 0.2) is 22.1 Å². The van der Waals surface area contributed by atoms with Crippen molar-refractivity contribution in [3.8, 4) is 0 Å². The lowest BCUT2D eigenvalue weighted by molar-refractivity contribution is 0.102. The Bertz CT molecular complexity index is 1710. The summed E-state index contributed by atoms with van der Waals surface area (Å²) in [6.07, 6.45) is 0. The molecule has 0 fully saturated rings. The van der Waals surface area contributed by atoms with Gasteiger partial charge in [0, 0.05) is 24.7 Å². The van der Waals surface area contributed by atoms with Crippen LogP contribution in [-0.2, 0) is 20.6 Å². The molecule has 0 aliphatic heterocycles. The molecule has 3 aromatic heterocycles. The van der Waals surface area contributed by atoms with Gasteiger partial charge >= 0.3 is 5.69 Å². The van der Waals surface area contributed by atoms with Crippen molar-refractivity contribution < 1.29 is 4.79 Å². The van der Waals surface area contributed by atoms with Crippen LogP contribution in [0.1, 0.15) is 21.5 Å². The zero-order valence-electron chi connectivity index (χ0n) is 19.2. The zero-order valence-corrected chi connectivity index (χ0v) is 20.8. The van der Waals surface area contributed by atoms with Gasteiger partial charge in [0.1, 0.15) is 0 Å². The summed E-state index contributed by atoms with van der Waals surface area (Å²) in [5.74, 6) is 0.479. The van der Waals surface area contributed by atoms with Crippen LogP contribution in [0.15, 0.2) is 63.3 Å². The summed E-state index contributed by atoms with van der Waals surface area (Å²) >= 11 is 7.24. The number of thioether (sulfide) groups is 1. The standard InChI is InChI=1S/C24H21ClN6O3S/c1-14-4-8-16(9-5-14)18(32)13-35-23-27-26-22-30(12-15-6-10-17(25)11-7-15)19-20(31(22)23)28(2)24(34)29(3)21(19)33/h4-11H,12-13H2,1-3H3. The smallest absolute Gasteiger partial charge is 0.298 e. The Hall–Kier alpha value is -3.63. The predicted molar refractivity (Wildman–Crippen MR) is 136 cm³/mol. The molecule has 0 amide bonds. The number of aromatic nitrogens is 6. The first-order valence-corrected chi connectivity index (χ1v) is 12.1. The first kappa shape index (κ1) is 23.1. The van der Waals surface area contributed by atoms with E-state index in [1.807, 2.05) is 31.2 Å². The van der Waals surface area contributed by atoms with E-state index in [0.717, 1.165) is 15.7 Å². The van der Waals surface area contributed by atoms with Crippen molar-refractivity contribution in [2.45, 2.75) is 18.6 Å². The van der Waals surface area contributed by atoms with E-state index >= 15 is 0 Å². The molecule has 5 aromatic rings. The van der Waals surface area contributed by atoms with E-state index in [1.54, 1.807) is 40.3 Å². The van der Waals surface area contributed by atoms with Gasteiger partial charge in [-0.05, 0) is 24.6 Å². The van der Waals surface area contributed by atoms with E-state index in [0.29, 0.717) is 39.2 Å². The molecule has 11 heteroatoms. The number of imidazole rings is 1. The molecule has 3 heterocycles. The Morgan fingerprint density at radius 1 is 0.971 bits per heavy atom. The highest BCUT2D eigenvalue weighted by Gasteiger charge is 2.24. The van der Waals surface area contributed by atoms with E-state index in [9.17, 15) is 14.4 Å². The van der Waals surface area contributed by atoms with E-state index in [4.69, 9.17) is 11.6 Å². The summed E-state index contributed by atoms with van der Waals surface area (Å²) in [5, 5.41) is 9.64. The third kappa shape index (κ3) is 3.98. The Balaban J connectivity index is 1.64.